The van der Waals surface area contributed by atoms with E-state index in [2.05, 4.69) is 15.6 Å². The van der Waals surface area contributed by atoms with Gasteiger partial charge in [-0.2, -0.15) is 0 Å². The zero-order valence-corrected chi connectivity index (χ0v) is 17.6. The van der Waals surface area contributed by atoms with Crippen LogP contribution in [0.3, 0.4) is 0 Å². The topological polar surface area (TPSA) is 71.1 Å². The van der Waals surface area contributed by atoms with Gasteiger partial charge in [0.15, 0.2) is 0 Å². The third-order valence-electron chi connectivity index (χ3n) is 4.82. The smallest absolute Gasteiger partial charge is 0.243 e. The van der Waals surface area contributed by atoms with Gasteiger partial charge in [-0.25, -0.2) is 4.98 Å². The molecule has 144 valence electrons. The Morgan fingerprint density at radius 2 is 2.04 bits per heavy atom. The lowest BCUT2D eigenvalue weighted by atomic mass is 10.0. The predicted molar refractivity (Wildman–Crippen MR) is 111 cm³/mol. The van der Waals surface area contributed by atoms with Crippen molar-refractivity contribution in [1.29, 1.82) is 0 Å². The van der Waals surface area contributed by atoms with Gasteiger partial charge in [-0.15, -0.1) is 34.9 Å². The molecule has 1 aromatic rings. The van der Waals surface area contributed by atoms with Gasteiger partial charge in [0.1, 0.15) is 4.58 Å². The van der Waals surface area contributed by atoms with Gasteiger partial charge >= 0.3 is 0 Å². The SMILES string of the molecule is Cc1csc(CCC(=O)NC2CCCC2CNC(=O)C2SCCCS2)n1. The number of nitrogens with zero attached hydrogens (tertiary/aromatic N) is 1. The molecule has 1 aromatic heterocycles. The summed E-state index contributed by atoms with van der Waals surface area (Å²) in [6.45, 7) is 2.65. The lowest BCUT2D eigenvalue weighted by Gasteiger charge is -2.24. The Hall–Kier alpha value is -0.730. The minimum absolute atomic E-state index is 0.0416. The standard InChI is InChI=1S/C18H27N3O2S3/c1-12-11-26-16(20-12)7-6-15(22)21-14-5-2-4-13(14)10-19-17(23)18-24-8-3-9-25-18/h11,13-14,18H,2-10H2,1H3,(H,19,23)(H,21,22). The van der Waals surface area contributed by atoms with E-state index in [4.69, 9.17) is 0 Å². The molecule has 2 amide bonds. The zero-order valence-electron chi connectivity index (χ0n) is 15.2. The lowest BCUT2D eigenvalue weighted by molar-refractivity contribution is -0.122. The summed E-state index contributed by atoms with van der Waals surface area (Å²) in [5.74, 6) is 2.75. The summed E-state index contributed by atoms with van der Waals surface area (Å²) in [6, 6.07) is 0.187. The maximum atomic E-state index is 12.3. The first-order valence-corrected chi connectivity index (χ1v) is 12.3. The van der Waals surface area contributed by atoms with E-state index in [1.54, 1.807) is 34.9 Å². The molecular formula is C18H27N3O2S3. The molecule has 5 nitrogen and oxygen atoms in total. The van der Waals surface area contributed by atoms with Crippen molar-refractivity contribution in [1.82, 2.24) is 15.6 Å². The maximum absolute atomic E-state index is 12.3. The van der Waals surface area contributed by atoms with E-state index in [9.17, 15) is 9.59 Å². The molecular weight excluding hydrogens is 386 g/mol. The van der Waals surface area contributed by atoms with Crippen LogP contribution in [0.15, 0.2) is 5.38 Å². The minimum Gasteiger partial charge on any atom is -0.354 e. The second-order valence-electron chi connectivity index (χ2n) is 6.92. The first-order chi connectivity index (χ1) is 12.6. The highest BCUT2D eigenvalue weighted by Gasteiger charge is 2.30. The third kappa shape index (κ3) is 5.89. The summed E-state index contributed by atoms with van der Waals surface area (Å²) in [4.78, 5) is 29.0. The minimum atomic E-state index is 0.0416. The Balaban J connectivity index is 1.39. The largest absolute Gasteiger partial charge is 0.354 e. The van der Waals surface area contributed by atoms with Crippen molar-refractivity contribution in [3.8, 4) is 0 Å². The van der Waals surface area contributed by atoms with Crippen molar-refractivity contribution in [2.75, 3.05) is 18.1 Å². The molecule has 0 spiro atoms. The number of aryl methyl sites for hydroxylation is 2. The highest BCUT2D eigenvalue weighted by Crippen LogP contribution is 2.31. The van der Waals surface area contributed by atoms with Gasteiger partial charge in [-0.1, -0.05) is 6.42 Å². The summed E-state index contributed by atoms with van der Waals surface area (Å²) < 4.78 is 0.0416. The summed E-state index contributed by atoms with van der Waals surface area (Å²) in [5, 5.41) is 9.35. The van der Waals surface area contributed by atoms with Crippen LogP contribution in [0, 0.1) is 12.8 Å². The van der Waals surface area contributed by atoms with Gasteiger partial charge in [0, 0.05) is 36.5 Å². The molecule has 2 fully saturated rings. The monoisotopic (exact) mass is 413 g/mol. The van der Waals surface area contributed by atoms with Crippen LogP contribution in [-0.2, 0) is 16.0 Å². The molecule has 2 aliphatic rings. The van der Waals surface area contributed by atoms with Crippen molar-refractivity contribution in [3.63, 3.8) is 0 Å². The molecule has 0 bridgehead atoms. The van der Waals surface area contributed by atoms with Crippen LogP contribution in [0.2, 0.25) is 0 Å². The number of amides is 2. The molecule has 2 heterocycles. The van der Waals surface area contributed by atoms with Crippen LogP contribution < -0.4 is 10.6 Å². The van der Waals surface area contributed by atoms with Crippen LogP contribution >= 0.6 is 34.9 Å². The summed E-state index contributed by atoms with van der Waals surface area (Å²) in [6.07, 6.45) is 5.57. The van der Waals surface area contributed by atoms with Gasteiger partial charge in [0.2, 0.25) is 11.8 Å². The number of thiazole rings is 1. The van der Waals surface area contributed by atoms with Gasteiger partial charge in [0.05, 0.1) is 5.01 Å². The molecule has 2 unspecified atom stereocenters. The Bertz CT molecular complexity index is 617. The van der Waals surface area contributed by atoms with Gasteiger partial charge in [-0.05, 0) is 43.6 Å². The zero-order chi connectivity index (χ0) is 18.4. The fourth-order valence-corrected chi connectivity index (χ4v) is 6.88. The summed E-state index contributed by atoms with van der Waals surface area (Å²) >= 11 is 5.11. The Kier molecular flexibility index (Phi) is 7.69. The van der Waals surface area contributed by atoms with Gasteiger partial charge in [0.25, 0.3) is 0 Å². The van der Waals surface area contributed by atoms with Gasteiger partial charge < -0.3 is 10.6 Å². The summed E-state index contributed by atoms with van der Waals surface area (Å²) in [7, 11) is 0. The van der Waals surface area contributed by atoms with E-state index >= 15 is 0 Å². The molecule has 3 rings (SSSR count). The normalized spacial score (nSPS) is 23.7. The van der Waals surface area contributed by atoms with Crippen LogP contribution in [0.5, 0.6) is 0 Å². The highest BCUT2D eigenvalue weighted by atomic mass is 32.2. The number of carbonyl (C=O) groups is 2. The molecule has 2 atom stereocenters. The number of rotatable bonds is 7. The molecule has 8 heteroatoms. The van der Waals surface area contributed by atoms with Crippen LogP contribution in [0.1, 0.15) is 42.8 Å². The first-order valence-electron chi connectivity index (χ1n) is 9.33. The Labute approximate surface area is 167 Å². The van der Waals surface area contributed by atoms with Crippen molar-refractivity contribution in [2.24, 2.45) is 5.92 Å². The fourth-order valence-electron chi connectivity index (χ4n) is 3.44. The average molecular weight is 414 g/mol. The lowest BCUT2D eigenvalue weighted by Crippen LogP contribution is -2.43. The van der Waals surface area contributed by atoms with Crippen molar-refractivity contribution < 1.29 is 9.59 Å². The number of hydrogen-bond acceptors (Lipinski definition) is 6. The molecule has 1 aliphatic heterocycles. The highest BCUT2D eigenvalue weighted by molar-refractivity contribution is 8.18. The molecule has 0 aromatic carbocycles. The molecule has 2 N–H and O–H groups in total. The Morgan fingerprint density at radius 3 is 2.77 bits per heavy atom. The molecule has 1 saturated carbocycles. The third-order valence-corrected chi connectivity index (χ3v) is 8.74. The second-order valence-corrected chi connectivity index (χ2v) is 10.6. The quantitative estimate of drug-likeness (QED) is 0.719. The summed E-state index contributed by atoms with van der Waals surface area (Å²) in [5.41, 5.74) is 1.02. The van der Waals surface area contributed by atoms with E-state index in [0.717, 1.165) is 41.5 Å². The molecule has 26 heavy (non-hydrogen) atoms. The molecule has 0 radical (unpaired) electrons. The van der Waals surface area contributed by atoms with Crippen LogP contribution in [0.25, 0.3) is 0 Å². The average Bonchev–Trinajstić information content (AvgIpc) is 3.27. The molecule has 1 aliphatic carbocycles. The van der Waals surface area contributed by atoms with E-state index in [1.807, 2.05) is 12.3 Å². The van der Waals surface area contributed by atoms with E-state index in [1.165, 1.54) is 6.42 Å². The predicted octanol–water partition coefficient (Wildman–Crippen LogP) is 2.98. The Morgan fingerprint density at radius 1 is 1.23 bits per heavy atom. The first kappa shape index (κ1) is 20.0. The number of thioether (sulfide) groups is 2. The number of aromatic nitrogens is 1. The second kappa shape index (κ2) is 9.99. The number of carbonyl (C=O) groups excluding carboxylic acids is 2. The number of hydrogen-bond donors (Lipinski definition) is 2. The van der Waals surface area contributed by atoms with Crippen molar-refractivity contribution in [3.05, 3.63) is 16.1 Å². The van der Waals surface area contributed by atoms with Crippen LogP contribution in [-0.4, -0.2) is 45.5 Å². The van der Waals surface area contributed by atoms with Crippen LogP contribution in [0.4, 0.5) is 0 Å². The molecule has 1 saturated heterocycles. The maximum Gasteiger partial charge on any atom is 0.243 e. The van der Waals surface area contributed by atoms with Gasteiger partial charge in [-0.3, -0.25) is 9.59 Å². The van der Waals surface area contributed by atoms with E-state index in [0.29, 0.717) is 25.3 Å². The number of nitrogens with one attached hydrogen (secondary N) is 2. The van der Waals surface area contributed by atoms with Crippen molar-refractivity contribution in [2.45, 2.75) is 56.1 Å². The fraction of sp³-hybridized carbons (Fsp3) is 0.722. The van der Waals surface area contributed by atoms with Crippen molar-refractivity contribution >= 4 is 46.7 Å². The van der Waals surface area contributed by atoms with E-state index < -0.39 is 0 Å². The van der Waals surface area contributed by atoms with E-state index in [-0.39, 0.29) is 22.4 Å².